The number of carbonyl (C=O) groups excluding carboxylic acids is 1. The van der Waals surface area contributed by atoms with Gasteiger partial charge in [0.15, 0.2) is 17.1 Å². The van der Waals surface area contributed by atoms with Crippen LogP contribution in [0.1, 0.15) is 58.4 Å². The minimum Gasteiger partial charge on any atom is -0.364 e. The number of halogens is 2. The van der Waals surface area contributed by atoms with Crippen LogP contribution in [0.3, 0.4) is 0 Å². The van der Waals surface area contributed by atoms with E-state index in [1.165, 1.54) is 18.3 Å². The Kier molecular flexibility index (Phi) is 4.24. The summed E-state index contributed by atoms with van der Waals surface area (Å²) in [5.74, 6) is -1.28. The van der Waals surface area contributed by atoms with E-state index in [-0.39, 0.29) is 28.3 Å². The van der Waals surface area contributed by atoms with E-state index < -0.39 is 17.5 Å². The van der Waals surface area contributed by atoms with Gasteiger partial charge in [0.05, 0.1) is 10.9 Å². The Bertz CT molecular complexity index is 1250. The molecule has 0 aliphatic heterocycles. The first-order chi connectivity index (χ1) is 14.3. The van der Waals surface area contributed by atoms with Crippen LogP contribution in [0.4, 0.5) is 8.78 Å². The number of amides is 1. The quantitative estimate of drug-likeness (QED) is 0.687. The summed E-state index contributed by atoms with van der Waals surface area (Å²) < 4.78 is 28.0. The summed E-state index contributed by atoms with van der Waals surface area (Å²) in [7, 11) is 0. The molecule has 2 fully saturated rings. The molecule has 30 heavy (non-hydrogen) atoms. The highest BCUT2D eigenvalue weighted by Crippen LogP contribution is 2.59. The number of aromatic amines is 1. The fourth-order valence-corrected chi connectivity index (χ4v) is 5.23. The zero-order chi connectivity index (χ0) is 21.2. The fourth-order valence-electron chi connectivity index (χ4n) is 5.23. The van der Waals surface area contributed by atoms with Crippen LogP contribution in [-0.4, -0.2) is 15.9 Å². The monoisotopic (exact) mass is 409 g/mol. The van der Waals surface area contributed by atoms with Gasteiger partial charge in [0.1, 0.15) is 5.69 Å². The number of aromatic nitrogens is 2. The van der Waals surface area contributed by atoms with Crippen LogP contribution in [0.5, 0.6) is 0 Å². The number of pyridine rings is 2. The lowest BCUT2D eigenvalue weighted by molar-refractivity contribution is 0.0997. The van der Waals surface area contributed by atoms with E-state index in [2.05, 4.69) is 9.97 Å². The number of rotatable bonds is 3. The molecule has 0 saturated heterocycles. The molecular formula is C23H21F2N3O2. The number of nitrogens with zero attached hydrogens (tertiary/aromatic N) is 1. The third kappa shape index (κ3) is 2.91. The van der Waals surface area contributed by atoms with E-state index in [0.717, 1.165) is 30.5 Å². The van der Waals surface area contributed by atoms with Crippen LogP contribution < -0.4 is 11.2 Å². The average Bonchev–Trinajstić information content (AvgIpc) is 3.49. The van der Waals surface area contributed by atoms with Crippen molar-refractivity contribution in [1.82, 2.24) is 9.97 Å². The highest BCUT2D eigenvalue weighted by atomic mass is 19.2. The van der Waals surface area contributed by atoms with E-state index in [1.807, 2.05) is 0 Å². The normalized spacial score (nSPS) is 25.2. The molecule has 2 aliphatic carbocycles. The van der Waals surface area contributed by atoms with Crippen LogP contribution in [0.25, 0.3) is 10.9 Å². The summed E-state index contributed by atoms with van der Waals surface area (Å²) >= 11 is 0. The first kappa shape index (κ1) is 18.9. The van der Waals surface area contributed by atoms with Gasteiger partial charge in [0, 0.05) is 23.9 Å². The van der Waals surface area contributed by atoms with Gasteiger partial charge in [0.25, 0.3) is 5.91 Å². The van der Waals surface area contributed by atoms with Crippen molar-refractivity contribution in [2.45, 2.75) is 38.0 Å². The van der Waals surface area contributed by atoms with Gasteiger partial charge < -0.3 is 10.7 Å². The fraction of sp³-hybridized carbons (Fsp3) is 0.348. The molecule has 5 nitrogen and oxygen atoms in total. The maximum atomic E-state index is 14.3. The van der Waals surface area contributed by atoms with E-state index in [1.54, 1.807) is 19.1 Å². The van der Waals surface area contributed by atoms with E-state index >= 15 is 0 Å². The van der Waals surface area contributed by atoms with Gasteiger partial charge in [0.2, 0.25) is 0 Å². The van der Waals surface area contributed by atoms with Crippen molar-refractivity contribution in [3.8, 4) is 0 Å². The Labute approximate surface area is 171 Å². The number of hydrogen-bond donors (Lipinski definition) is 2. The second-order valence-electron chi connectivity index (χ2n) is 8.55. The molecule has 2 saturated carbocycles. The zero-order valence-electron chi connectivity index (χ0n) is 16.4. The van der Waals surface area contributed by atoms with Crippen LogP contribution in [0.15, 0.2) is 35.3 Å². The van der Waals surface area contributed by atoms with Crippen molar-refractivity contribution in [1.29, 1.82) is 0 Å². The highest BCUT2D eigenvalue weighted by Gasteiger charge is 2.48. The van der Waals surface area contributed by atoms with E-state index in [9.17, 15) is 18.4 Å². The smallest absolute Gasteiger partial charge is 0.268 e. The highest BCUT2D eigenvalue weighted by molar-refractivity contribution is 6.03. The molecule has 0 radical (unpaired) electrons. The van der Waals surface area contributed by atoms with Gasteiger partial charge in [-0.05, 0) is 67.2 Å². The van der Waals surface area contributed by atoms with Crippen LogP contribution in [-0.2, 0) is 0 Å². The number of nitrogens with one attached hydrogen (secondary N) is 1. The summed E-state index contributed by atoms with van der Waals surface area (Å²) in [5.41, 5.74) is 7.36. The Morgan fingerprint density at radius 2 is 1.87 bits per heavy atom. The first-order valence-corrected chi connectivity index (χ1v) is 10.1. The number of H-pyrrole nitrogens is 1. The maximum absolute atomic E-state index is 14.3. The van der Waals surface area contributed by atoms with Gasteiger partial charge in [-0.15, -0.1) is 0 Å². The van der Waals surface area contributed by atoms with Gasteiger partial charge in [-0.2, -0.15) is 0 Å². The zero-order valence-corrected chi connectivity index (χ0v) is 16.4. The van der Waals surface area contributed by atoms with Gasteiger partial charge in [-0.1, -0.05) is 6.07 Å². The van der Waals surface area contributed by atoms with Crippen LogP contribution >= 0.6 is 0 Å². The molecule has 2 aliphatic rings. The van der Waals surface area contributed by atoms with Crippen molar-refractivity contribution >= 4 is 16.8 Å². The van der Waals surface area contributed by atoms with E-state index in [0.29, 0.717) is 22.9 Å². The lowest BCUT2D eigenvalue weighted by Gasteiger charge is -2.33. The van der Waals surface area contributed by atoms with E-state index in [4.69, 9.17) is 5.73 Å². The molecule has 5 rings (SSSR count). The number of nitrogens with two attached hydrogens (primary N) is 1. The predicted octanol–water partition coefficient (Wildman–Crippen LogP) is 3.91. The van der Waals surface area contributed by atoms with Gasteiger partial charge in [-0.3, -0.25) is 14.6 Å². The molecule has 3 aromatic rings. The SMILES string of the molecule is Cc1c([C@@H]2C[C@H]3CC3C[C@H]2c2cc(=O)c3c(C(N)=O)nccc3[nH]2)ccc(F)c1F. The first-order valence-electron chi connectivity index (χ1n) is 10.1. The lowest BCUT2D eigenvalue weighted by Crippen LogP contribution is -2.23. The molecule has 7 heteroatoms. The molecule has 2 aromatic heterocycles. The molecule has 1 unspecified atom stereocenters. The summed E-state index contributed by atoms with van der Waals surface area (Å²) in [6.45, 7) is 1.61. The minimum atomic E-state index is -0.849. The van der Waals surface area contributed by atoms with Gasteiger partial charge in [-0.25, -0.2) is 8.78 Å². The molecule has 2 heterocycles. The van der Waals surface area contributed by atoms with Crippen LogP contribution in [0.2, 0.25) is 0 Å². The number of hydrogen-bond acceptors (Lipinski definition) is 3. The predicted molar refractivity (Wildman–Crippen MR) is 108 cm³/mol. The second-order valence-corrected chi connectivity index (χ2v) is 8.55. The number of benzene rings is 1. The summed E-state index contributed by atoms with van der Waals surface area (Å²) in [5, 5.41) is 0.175. The molecule has 0 spiro atoms. The Morgan fingerprint density at radius 1 is 1.13 bits per heavy atom. The number of carbonyl (C=O) groups is 1. The molecule has 0 bridgehead atoms. The standard InChI is InChI=1S/C23H21F2N3O2/c1-10-13(2-3-16(24)21(10)25)14-7-11-6-12(11)8-15(14)18-9-19(29)20-17(28-18)4-5-27-22(20)23(26)30/h2-5,9,11-12,14-15H,6-8H2,1H3,(H2,26,30)(H,28,29)/t11-,12?,14+,15-/m1/s1. The molecule has 154 valence electrons. The Hall–Kier alpha value is -3.09. The van der Waals surface area contributed by atoms with Crippen molar-refractivity contribution < 1.29 is 13.6 Å². The summed E-state index contributed by atoms with van der Waals surface area (Å²) in [6, 6.07) is 6.00. The van der Waals surface area contributed by atoms with Gasteiger partial charge >= 0.3 is 0 Å². The number of fused-ring (bicyclic) bond motifs is 2. The molecular weight excluding hydrogens is 388 g/mol. The maximum Gasteiger partial charge on any atom is 0.268 e. The Balaban J connectivity index is 1.64. The average molecular weight is 409 g/mol. The largest absolute Gasteiger partial charge is 0.364 e. The molecule has 3 N–H and O–H groups in total. The van der Waals surface area contributed by atoms with Crippen molar-refractivity contribution in [2.75, 3.05) is 0 Å². The molecule has 1 aromatic carbocycles. The number of primary amides is 1. The van der Waals surface area contributed by atoms with Crippen molar-refractivity contribution in [2.24, 2.45) is 17.6 Å². The second kappa shape index (κ2) is 6.72. The lowest BCUT2D eigenvalue weighted by atomic mass is 9.72. The van der Waals surface area contributed by atoms with Crippen molar-refractivity contribution in [3.63, 3.8) is 0 Å². The molecule has 4 atom stereocenters. The van der Waals surface area contributed by atoms with Crippen molar-refractivity contribution in [3.05, 3.63) is 74.8 Å². The summed E-state index contributed by atoms with van der Waals surface area (Å²) in [6.07, 6.45) is 4.33. The van der Waals surface area contributed by atoms with Crippen LogP contribution in [0, 0.1) is 30.4 Å². The Morgan fingerprint density at radius 3 is 2.60 bits per heavy atom. The third-order valence-electron chi connectivity index (χ3n) is 6.84. The summed E-state index contributed by atoms with van der Waals surface area (Å²) in [4.78, 5) is 31.8. The molecule has 1 amide bonds. The minimum absolute atomic E-state index is 0.0191. The third-order valence-corrected chi connectivity index (χ3v) is 6.84. The topological polar surface area (TPSA) is 88.8 Å².